The van der Waals surface area contributed by atoms with Gasteiger partial charge >= 0.3 is 0 Å². The number of aromatic amines is 1. The van der Waals surface area contributed by atoms with Crippen LogP contribution in [0.2, 0.25) is 0 Å². The summed E-state index contributed by atoms with van der Waals surface area (Å²) in [6.45, 7) is -0.0432. The van der Waals surface area contributed by atoms with Gasteiger partial charge in [0.05, 0.1) is 0 Å². The maximum atomic E-state index is 12.7. The summed E-state index contributed by atoms with van der Waals surface area (Å²) >= 11 is 0. The Labute approximate surface area is 216 Å². The van der Waals surface area contributed by atoms with Crippen LogP contribution in [0, 0.1) is 0 Å². The number of aliphatic hydroxyl groups is 4. The number of piperidine rings is 1. The second kappa shape index (κ2) is 10.2. The van der Waals surface area contributed by atoms with Crippen LogP contribution < -0.4 is 21.3 Å². The summed E-state index contributed by atoms with van der Waals surface area (Å²) in [6, 6.07) is 10.9. The molecule has 38 heavy (non-hydrogen) atoms. The van der Waals surface area contributed by atoms with Gasteiger partial charge in [-0.1, -0.05) is 12.1 Å². The first-order chi connectivity index (χ1) is 18.1. The third kappa shape index (κ3) is 4.76. The van der Waals surface area contributed by atoms with Crippen LogP contribution in [0.15, 0.2) is 59.1 Å². The van der Waals surface area contributed by atoms with Gasteiger partial charge in [-0.15, -0.1) is 0 Å². The minimum Gasteiger partial charge on any atom is -0.494 e. The molecule has 1 fully saturated rings. The number of aromatic hydroxyl groups is 1. The minimum absolute atomic E-state index is 0.0432. The number of rotatable bonds is 6. The van der Waals surface area contributed by atoms with Gasteiger partial charge in [-0.05, 0) is 48.7 Å². The number of fused-ring (bicyclic) bond motifs is 1. The Morgan fingerprint density at radius 1 is 1.08 bits per heavy atom. The normalized spacial score (nSPS) is 25.9. The summed E-state index contributed by atoms with van der Waals surface area (Å²) in [5.41, 5.74) is 5.81. The van der Waals surface area contributed by atoms with Crippen LogP contribution in [0.4, 0.5) is 0 Å². The van der Waals surface area contributed by atoms with Crippen LogP contribution in [0.25, 0.3) is 10.8 Å². The molecule has 0 bridgehead atoms. The molecule has 1 saturated heterocycles. The van der Waals surface area contributed by atoms with E-state index in [2.05, 4.69) is 10.3 Å². The Morgan fingerprint density at radius 3 is 2.50 bits per heavy atom. The molecule has 1 amide bonds. The van der Waals surface area contributed by atoms with Crippen LogP contribution in [-0.4, -0.2) is 66.2 Å². The number of H-pyrrole nitrogens is 1. The molecule has 12 nitrogen and oxygen atoms in total. The number of nitrogens with two attached hydrogens (primary N) is 1. The molecule has 200 valence electrons. The van der Waals surface area contributed by atoms with Crippen molar-refractivity contribution in [3.63, 3.8) is 0 Å². The van der Waals surface area contributed by atoms with Gasteiger partial charge in [-0.2, -0.15) is 0 Å². The molecule has 0 radical (unpaired) electrons. The van der Waals surface area contributed by atoms with E-state index in [1.54, 1.807) is 18.2 Å². The van der Waals surface area contributed by atoms with Crippen molar-refractivity contribution in [2.45, 2.75) is 50.2 Å². The number of carbonyl (C=O) groups excluding carboxylic acids is 1. The predicted octanol–water partition coefficient (Wildman–Crippen LogP) is -0.148. The van der Waals surface area contributed by atoms with E-state index in [4.69, 9.17) is 10.5 Å². The second-order valence-electron chi connectivity index (χ2n) is 9.39. The number of pyridine rings is 1. The number of aromatic nitrogens is 1. The zero-order valence-electron chi connectivity index (χ0n) is 20.1. The van der Waals surface area contributed by atoms with Gasteiger partial charge in [0, 0.05) is 40.4 Å². The Hall–Kier alpha value is -3.78. The third-order valence-electron chi connectivity index (χ3n) is 6.97. The van der Waals surface area contributed by atoms with Gasteiger partial charge in [0.15, 0.2) is 12.1 Å². The summed E-state index contributed by atoms with van der Waals surface area (Å²) in [4.78, 5) is 27.7. The molecule has 9 N–H and O–H groups in total. The zero-order valence-corrected chi connectivity index (χ0v) is 20.1. The van der Waals surface area contributed by atoms with Crippen molar-refractivity contribution in [2.75, 3.05) is 0 Å². The molecule has 12 heteroatoms. The van der Waals surface area contributed by atoms with Crippen molar-refractivity contribution < 1.29 is 35.1 Å². The molecule has 2 aliphatic rings. The van der Waals surface area contributed by atoms with E-state index < -0.39 is 48.2 Å². The molecule has 0 spiro atoms. The van der Waals surface area contributed by atoms with Gasteiger partial charge in [-0.25, -0.2) is 4.90 Å². The lowest BCUT2D eigenvalue weighted by molar-refractivity contribution is -0.0578. The highest BCUT2D eigenvalue weighted by Gasteiger charge is 2.36. The number of hydrogen-bond acceptors (Lipinski definition) is 10. The van der Waals surface area contributed by atoms with Gasteiger partial charge in [0.25, 0.3) is 5.56 Å². The first-order valence-electron chi connectivity index (χ1n) is 12.0. The molecule has 3 heterocycles. The van der Waals surface area contributed by atoms with E-state index in [0.29, 0.717) is 35.1 Å². The fraction of sp³-hybridized carbons (Fsp3) is 0.308. The highest BCUT2D eigenvalue weighted by Crippen LogP contribution is 2.39. The quantitative estimate of drug-likeness (QED) is 0.214. The molecular formula is C26H28N4O8. The molecule has 3 aromatic rings. The molecule has 2 aromatic carbocycles. The van der Waals surface area contributed by atoms with Crippen molar-refractivity contribution in [3.8, 4) is 11.6 Å². The molecule has 5 atom stereocenters. The number of nitrogens with zero attached hydrogens (tertiary/aromatic N) is 1. The average Bonchev–Trinajstić information content (AvgIpc) is 3.13. The third-order valence-corrected chi connectivity index (χ3v) is 6.97. The lowest BCUT2D eigenvalue weighted by atomic mass is 9.85. The number of ether oxygens (including phenoxy) is 1. The number of aliphatic hydroxyl groups excluding tert-OH is 4. The van der Waals surface area contributed by atoms with Gasteiger partial charge in [0.1, 0.15) is 30.2 Å². The number of carbonyl (C=O) groups is 1. The van der Waals surface area contributed by atoms with Gasteiger partial charge in [0.2, 0.25) is 5.91 Å². The molecule has 1 aromatic heterocycles. The molecule has 5 unspecified atom stereocenters. The zero-order chi connectivity index (χ0) is 27.1. The summed E-state index contributed by atoms with van der Waals surface area (Å²) in [5, 5.41) is 56.2. The second-order valence-corrected chi connectivity index (χ2v) is 9.39. The van der Waals surface area contributed by atoms with Crippen molar-refractivity contribution in [1.29, 1.82) is 0 Å². The summed E-state index contributed by atoms with van der Waals surface area (Å²) < 4.78 is 5.73. The van der Waals surface area contributed by atoms with Crippen molar-refractivity contribution in [1.82, 2.24) is 15.2 Å². The van der Waals surface area contributed by atoms with Crippen LogP contribution >= 0.6 is 0 Å². The number of primary amides is 1. The van der Waals surface area contributed by atoms with Crippen molar-refractivity contribution in [3.05, 3.63) is 81.3 Å². The largest absolute Gasteiger partial charge is 0.494 e. The monoisotopic (exact) mass is 524 g/mol. The molecule has 2 aliphatic heterocycles. The standard InChI is InChI=1S/C26H28N4O8/c27-22(33)12-4-6-14(7-5-12)38-17-10-19(32)30(26(17)37)11-13-2-1-3-15-20(13)21(25(36)29-24(15)35)16-8-9-18(31)28-23(16)34/h1-7,10,16,18-19,23,26,28,31-32,34,37H,8-9,11H2,(H2,27,33)(H2,29,35,36). The Kier molecular flexibility index (Phi) is 6.92. The molecule has 0 aliphatic carbocycles. The molecule has 0 saturated carbocycles. The lowest BCUT2D eigenvalue weighted by Crippen LogP contribution is -2.46. The van der Waals surface area contributed by atoms with Gasteiger partial charge < -0.3 is 36.0 Å². The maximum Gasteiger partial charge on any atom is 0.258 e. The summed E-state index contributed by atoms with van der Waals surface area (Å²) in [6.07, 6.45) is -2.69. The fourth-order valence-electron chi connectivity index (χ4n) is 5.08. The summed E-state index contributed by atoms with van der Waals surface area (Å²) in [7, 11) is 0. The fourth-order valence-corrected chi connectivity index (χ4v) is 5.08. The van der Waals surface area contributed by atoms with Crippen molar-refractivity contribution >= 4 is 16.7 Å². The van der Waals surface area contributed by atoms with E-state index in [1.807, 2.05) is 0 Å². The highest BCUT2D eigenvalue weighted by molar-refractivity contribution is 5.92. The van der Waals surface area contributed by atoms with Crippen LogP contribution in [0.3, 0.4) is 0 Å². The first kappa shape index (κ1) is 25.9. The van der Waals surface area contributed by atoms with Crippen LogP contribution in [-0.2, 0) is 6.54 Å². The number of amides is 1. The average molecular weight is 525 g/mol. The van der Waals surface area contributed by atoms with Crippen LogP contribution in [0.5, 0.6) is 11.6 Å². The van der Waals surface area contributed by atoms with Gasteiger partial charge in [-0.3, -0.25) is 19.9 Å². The Morgan fingerprint density at radius 2 is 1.82 bits per heavy atom. The maximum absolute atomic E-state index is 12.7. The Bertz CT molecular complexity index is 1450. The minimum atomic E-state index is -1.35. The van der Waals surface area contributed by atoms with E-state index in [9.17, 15) is 35.1 Å². The molecule has 5 rings (SSSR count). The SMILES string of the molecule is NC(=O)c1ccc(OC2=CC(O)N(Cc3cccc4c(=O)[nH]c(O)c(C5CCC(O)NC5O)c34)C2O)cc1. The van der Waals surface area contributed by atoms with E-state index in [-0.39, 0.29) is 23.3 Å². The number of nitrogens with one attached hydrogen (secondary N) is 2. The first-order valence-corrected chi connectivity index (χ1v) is 12.0. The number of hydrogen-bond donors (Lipinski definition) is 8. The van der Waals surface area contributed by atoms with Crippen LogP contribution in [0.1, 0.15) is 40.2 Å². The number of benzene rings is 2. The lowest BCUT2D eigenvalue weighted by Gasteiger charge is -2.33. The smallest absolute Gasteiger partial charge is 0.258 e. The van der Waals surface area contributed by atoms with E-state index in [0.717, 1.165) is 0 Å². The topological polar surface area (TPSA) is 202 Å². The Balaban J connectivity index is 1.46. The highest BCUT2D eigenvalue weighted by atomic mass is 16.5. The summed E-state index contributed by atoms with van der Waals surface area (Å²) in [5.74, 6) is -1.26. The van der Waals surface area contributed by atoms with Crippen molar-refractivity contribution in [2.24, 2.45) is 5.73 Å². The van der Waals surface area contributed by atoms with E-state index >= 15 is 0 Å². The molecular weight excluding hydrogens is 496 g/mol. The predicted molar refractivity (Wildman–Crippen MR) is 135 cm³/mol. The van der Waals surface area contributed by atoms with E-state index in [1.165, 1.54) is 35.2 Å².